The number of anilines is 2. The number of nitrogens with zero attached hydrogens (tertiary/aromatic N) is 8. The zero-order valence-corrected chi connectivity index (χ0v) is 37.2. The number of fused-ring (bicyclic) bond motifs is 6. The van der Waals surface area contributed by atoms with Crippen LogP contribution in [0.4, 0.5) is 11.6 Å². The molecule has 340 valence electrons. The Morgan fingerprint density at radius 2 is 1.73 bits per heavy atom. The van der Waals surface area contributed by atoms with Crippen LogP contribution in [0.5, 0.6) is 0 Å². The van der Waals surface area contributed by atoms with Crippen LogP contribution in [-0.4, -0.2) is 87.8 Å². The lowest BCUT2D eigenvalue weighted by Gasteiger charge is -2.38. The third-order valence-corrected chi connectivity index (χ3v) is 15.1. The van der Waals surface area contributed by atoms with Crippen LogP contribution >= 0.6 is 0 Å². The van der Waals surface area contributed by atoms with Crippen molar-refractivity contribution in [3.63, 3.8) is 0 Å². The summed E-state index contributed by atoms with van der Waals surface area (Å²) in [5.41, 5.74) is 7.69. The molecule has 1 saturated carbocycles. The molecule has 7 heterocycles. The first-order valence-electron chi connectivity index (χ1n) is 23.6. The maximum atomic E-state index is 14.0. The Balaban J connectivity index is 0.726. The van der Waals surface area contributed by atoms with E-state index in [2.05, 4.69) is 50.5 Å². The van der Waals surface area contributed by atoms with Gasteiger partial charge in [0.05, 0.1) is 18.2 Å². The molecule has 4 aromatic heterocycles. The summed E-state index contributed by atoms with van der Waals surface area (Å²) in [7, 11) is 0. The second-order valence-corrected chi connectivity index (χ2v) is 18.8. The number of hydrogen-bond donors (Lipinski definition) is 3. The van der Waals surface area contributed by atoms with Gasteiger partial charge in [-0.3, -0.25) is 29.4 Å². The molecule has 0 bridgehead atoms. The maximum Gasteiger partial charge on any atom is 0.278 e. The van der Waals surface area contributed by atoms with Crippen LogP contribution < -0.4 is 16.2 Å². The predicted octanol–water partition coefficient (Wildman–Crippen LogP) is 5.66. The molecule has 66 heavy (non-hydrogen) atoms. The fourth-order valence-corrected chi connectivity index (χ4v) is 11.3. The normalized spacial score (nSPS) is 23.3. The number of nitrogens with one attached hydrogen (secondary N) is 2. The van der Waals surface area contributed by atoms with Gasteiger partial charge in [-0.25, -0.2) is 19.3 Å². The van der Waals surface area contributed by atoms with Gasteiger partial charge in [-0.2, -0.15) is 4.98 Å². The number of piperidine rings is 1. The third-order valence-electron chi connectivity index (χ3n) is 15.1. The lowest BCUT2D eigenvalue weighted by molar-refractivity contribution is -0.138. The SMILES string of the molecule is C=CCn1c(=O)c2cnc(Nc3ccc4c(c3)CCN(C(=O)[C@H]3CC[C@H](N5CCc6ccc7c(C8CCC(=O)NC8=O)noc7c6CC5)CC3)C4)nc2n1-c1ccc2c(n1)[C@@](O)(CC)CC2. The number of hydrogen-bond acceptors (Lipinski definition) is 12. The van der Waals surface area contributed by atoms with Crippen molar-refractivity contribution in [3.8, 4) is 5.82 Å². The molecule has 2 atom stereocenters. The summed E-state index contributed by atoms with van der Waals surface area (Å²) in [6.45, 7) is 9.14. The number of pyridine rings is 1. The average molecular weight is 891 g/mol. The molecule has 2 aromatic carbocycles. The van der Waals surface area contributed by atoms with E-state index in [0.29, 0.717) is 79.0 Å². The van der Waals surface area contributed by atoms with Crippen molar-refractivity contribution in [1.82, 2.24) is 44.6 Å². The van der Waals surface area contributed by atoms with Gasteiger partial charge >= 0.3 is 0 Å². The number of carbonyl (C=O) groups excluding carboxylic acids is 3. The number of carbonyl (C=O) groups is 3. The van der Waals surface area contributed by atoms with E-state index in [0.717, 1.165) is 97.8 Å². The van der Waals surface area contributed by atoms with Gasteiger partial charge in [-0.1, -0.05) is 36.4 Å². The predicted molar refractivity (Wildman–Crippen MR) is 246 cm³/mol. The first-order valence-corrected chi connectivity index (χ1v) is 23.6. The molecule has 16 heteroatoms. The minimum Gasteiger partial charge on any atom is -0.384 e. The summed E-state index contributed by atoms with van der Waals surface area (Å²) in [6, 6.07) is 14.6. The Bertz CT molecular complexity index is 3020. The molecule has 16 nitrogen and oxygen atoms in total. The number of rotatable bonds is 9. The molecule has 3 N–H and O–H groups in total. The largest absolute Gasteiger partial charge is 0.384 e. The first kappa shape index (κ1) is 42.1. The summed E-state index contributed by atoms with van der Waals surface area (Å²) in [6.07, 6.45) is 12.0. The zero-order valence-electron chi connectivity index (χ0n) is 37.2. The smallest absolute Gasteiger partial charge is 0.278 e. The molecule has 11 rings (SSSR count). The molecule has 2 fully saturated rings. The van der Waals surface area contributed by atoms with Crippen LogP contribution in [0, 0.1) is 5.92 Å². The van der Waals surface area contributed by atoms with E-state index in [9.17, 15) is 24.3 Å². The van der Waals surface area contributed by atoms with Gasteiger partial charge in [0.25, 0.3) is 5.56 Å². The van der Waals surface area contributed by atoms with Crippen molar-refractivity contribution in [2.24, 2.45) is 5.92 Å². The summed E-state index contributed by atoms with van der Waals surface area (Å²) in [5, 5.41) is 22.7. The number of benzene rings is 2. The summed E-state index contributed by atoms with van der Waals surface area (Å²) >= 11 is 0. The summed E-state index contributed by atoms with van der Waals surface area (Å²) in [5.74, 6) is 0.0491. The van der Waals surface area contributed by atoms with Gasteiger partial charge in [-0.15, -0.1) is 6.58 Å². The fraction of sp³-hybridized carbons (Fsp3) is 0.440. The van der Waals surface area contributed by atoms with Crippen molar-refractivity contribution in [1.29, 1.82) is 0 Å². The highest BCUT2D eigenvalue weighted by atomic mass is 16.5. The molecular weight excluding hydrogens is 837 g/mol. The second kappa shape index (κ2) is 16.7. The highest BCUT2D eigenvalue weighted by Crippen LogP contribution is 2.39. The number of allylic oxidation sites excluding steroid dienone is 1. The van der Waals surface area contributed by atoms with Crippen molar-refractivity contribution >= 4 is 51.4 Å². The van der Waals surface area contributed by atoms with Gasteiger partial charge in [0.1, 0.15) is 16.7 Å². The molecule has 6 aromatic rings. The lowest BCUT2D eigenvalue weighted by Crippen LogP contribution is -2.44. The Morgan fingerprint density at radius 1 is 0.924 bits per heavy atom. The van der Waals surface area contributed by atoms with Gasteiger partial charge < -0.3 is 19.8 Å². The topological polar surface area (TPSA) is 194 Å². The van der Waals surface area contributed by atoms with Gasteiger partial charge in [-0.05, 0) is 117 Å². The van der Waals surface area contributed by atoms with Gasteiger partial charge in [0.2, 0.25) is 23.7 Å². The van der Waals surface area contributed by atoms with E-state index in [1.165, 1.54) is 11.1 Å². The highest BCUT2D eigenvalue weighted by molar-refractivity contribution is 6.02. The number of imide groups is 1. The maximum absolute atomic E-state index is 14.0. The van der Waals surface area contributed by atoms with E-state index in [1.807, 2.05) is 36.1 Å². The summed E-state index contributed by atoms with van der Waals surface area (Å²) in [4.78, 5) is 70.9. The standard InChI is InChI=1S/C50H54N10O6/c1-3-22-59-48(64)39-27-51-49(55-45(39)60(59)40-15-9-30-17-21-50(65,4-2)44(30)53-40)52-34-10-5-33-28-58(24-19-32(33)26-34)47(63)31-6-11-35(12-7-31)57-23-18-29-8-13-37-42(38-14-16-41(61)54-46(38)62)56-66-43(37)36(29)20-25-57/h3,5,8-10,13,15,26-27,31,35,38,65H,1,4,6-7,11-12,14,16-25,28H2,2H3,(H,51,52,55)(H,54,61,62)/t31-,35-,38?,50-/m1/s1. The number of aryl methyl sites for hydroxylation is 1. The van der Waals surface area contributed by atoms with E-state index in [-0.39, 0.29) is 35.7 Å². The minimum atomic E-state index is -1.01. The van der Waals surface area contributed by atoms with Crippen LogP contribution in [0.2, 0.25) is 0 Å². The van der Waals surface area contributed by atoms with Crippen LogP contribution in [-0.2, 0) is 58.8 Å². The molecule has 0 radical (unpaired) electrons. The van der Waals surface area contributed by atoms with Crippen molar-refractivity contribution in [2.75, 3.05) is 25.0 Å². The zero-order chi connectivity index (χ0) is 45.3. The van der Waals surface area contributed by atoms with E-state index in [4.69, 9.17) is 14.5 Å². The lowest BCUT2D eigenvalue weighted by atomic mass is 9.83. The van der Waals surface area contributed by atoms with Crippen molar-refractivity contribution < 1.29 is 24.0 Å². The number of amides is 3. The fourth-order valence-electron chi connectivity index (χ4n) is 11.3. The Morgan fingerprint density at radius 3 is 2.55 bits per heavy atom. The Kier molecular flexibility index (Phi) is 10.7. The molecular formula is C50H54N10O6. The van der Waals surface area contributed by atoms with Gasteiger partial charge in [0, 0.05) is 67.4 Å². The van der Waals surface area contributed by atoms with E-state index in [1.54, 1.807) is 21.6 Å². The average Bonchev–Trinajstić information content (AvgIpc) is 3.93. The third kappa shape index (κ3) is 7.30. The summed E-state index contributed by atoms with van der Waals surface area (Å²) < 4.78 is 9.15. The highest BCUT2D eigenvalue weighted by Gasteiger charge is 2.38. The van der Waals surface area contributed by atoms with Crippen LogP contribution in [0.15, 0.2) is 70.6 Å². The first-order chi connectivity index (χ1) is 32.1. The second-order valence-electron chi connectivity index (χ2n) is 18.8. The number of aliphatic hydroxyl groups is 1. The van der Waals surface area contributed by atoms with E-state index >= 15 is 0 Å². The van der Waals surface area contributed by atoms with Gasteiger partial charge in [0.15, 0.2) is 17.0 Å². The Labute approximate surface area is 381 Å². The van der Waals surface area contributed by atoms with E-state index < -0.39 is 11.5 Å². The molecule has 3 amide bonds. The van der Waals surface area contributed by atoms with Crippen LogP contribution in [0.25, 0.3) is 27.8 Å². The molecule has 0 spiro atoms. The molecule has 1 saturated heterocycles. The molecule has 3 aliphatic heterocycles. The number of aromatic nitrogens is 6. The quantitative estimate of drug-likeness (QED) is 0.119. The monoisotopic (exact) mass is 890 g/mol. The van der Waals surface area contributed by atoms with Crippen LogP contribution in [0.3, 0.4) is 0 Å². The Hall–Kier alpha value is -6.52. The molecule has 2 aliphatic carbocycles. The van der Waals surface area contributed by atoms with Crippen molar-refractivity contribution in [2.45, 2.75) is 115 Å². The van der Waals surface area contributed by atoms with Crippen LogP contribution in [0.1, 0.15) is 103 Å². The molecule has 1 unspecified atom stereocenters. The minimum absolute atomic E-state index is 0.0167. The molecule has 5 aliphatic rings. The van der Waals surface area contributed by atoms with Crippen molar-refractivity contribution in [3.05, 3.63) is 111 Å².